The summed E-state index contributed by atoms with van der Waals surface area (Å²) in [5.74, 6) is -3.95. The lowest BCUT2D eigenvalue weighted by atomic mass is 10.4. The molecular formula is C4H4O6. The molecule has 1 heterocycles. The highest BCUT2D eigenvalue weighted by atomic mass is 17.2. The van der Waals surface area contributed by atoms with Crippen LogP contribution in [0.3, 0.4) is 0 Å². The van der Waals surface area contributed by atoms with Crippen molar-refractivity contribution in [3.05, 3.63) is 23.4 Å². The van der Waals surface area contributed by atoms with Crippen molar-refractivity contribution >= 4 is 0 Å². The van der Waals surface area contributed by atoms with E-state index in [1.54, 1.807) is 0 Å². The van der Waals surface area contributed by atoms with Gasteiger partial charge in [-0.25, -0.2) is 9.78 Å². The van der Waals surface area contributed by atoms with Crippen LogP contribution in [-0.4, -0.2) is 20.4 Å². The maximum Gasteiger partial charge on any atom is 0.375 e. The zero-order valence-electron chi connectivity index (χ0n) is 4.61. The molecule has 0 bridgehead atoms. The summed E-state index contributed by atoms with van der Waals surface area (Å²) < 4.78 is 0. The summed E-state index contributed by atoms with van der Waals surface area (Å²) in [4.78, 5) is 7.58. The average Bonchev–Trinajstić information content (AvgIpc) is 1.93. The van der Waals surface area contributed by atoms with E-state index in [0.29, 0.717) is 0 Å². The lowest BCUT2D eigenvalue weighted by molar-refractivity contribution is -0.292. The Balaban J connectivity index is 3.01. The predicted molar refractivity (Wildman–Crippen MR) is 26.7 cm³/mol. The van der Waals surface area contributed by atoms with Gasteiger partial charge >= 0.3 is 11.9 Å². The van der Waals surface area contributed by atoms with E-state index in [2.05, 4.69) is 9.78 Å². The van der Waals surface area contributed by atoms with E-state index in [9.17, 15) is 0 Å². The van der Waals surface area contributed by atoms with Gasteiger partial charge in [-0.1, -0.05) is 0 Å². The molecule has 0 radical (unpaired) electrons. The molecule has 0 atom stereocenters. The summed E-state index contributed by atoms with van der Waals surface area (Å²) in [5.41, 5.74) is 0. The second-order valence-corrected chi connectivity index (χ2v) is 1.47. The Morgan fingerprint density at radius 1 is 0.700 bits per heavy atom. The molecule has 10 heavy (non-hydrogen) atoms. The molecule has 1 aliphatic rings. The number of hydrogen-bond acceptors (Lipinski definition) is 6. The van der Waals surface area contributed by atoms with Gasteiger partial charge in [0, 0.05) is 0 Å². The van der Waals surface area contributed by atoms with Crippen LogP contribution in [0.25, 0.3) is 0 Å². The molecular weight excluding hydrogens is 144 g/mol. The van der Waals surface area contributed by atoms with E-state index in [4.69, 9.17) is 20.4 Å². The first-order valence-corrected chi connectivity index (χ1v) is 2.22. The zero-order valence-corrected chi connectivity index (χ0v) is 4.61. The van der Waals surface area contributed by atoms with Crippen molar-refractivity contribution in [1.82, 2.24) is 0 Å². The van der Waals surface area contributed by atoms with Crippen LogP contribution >= 0.6 is 0 Å². The number of rotatable bonds is 0. The molecule has 0 aromatic rings. The van der Waals surface area contributed by atoms with Crippen LogP contribution in [0.1, 0.15) is 0 Å². The fraction of sp³-hybridized carbons (Fsp3) is 0. The van der Waals surface area contributed by atoms with Crippen LogP contribution < -0.4 is 0 Å². The molecule has 0 aliphatic carbocycles. The van der Waals surface area contributed by atoms with Gasteiger partial charge in [-0.2, -0.15) is 0 Å². The Morgan fingerprint density at radius 2 is 1.00 bits per heavy atom. The SMILES string of the molecule is OC1=C(O)C(O)=C(O)OO1. The van der Waals surface area contributed by atoms with Gasteiger partial charge in [0.25, 0.3) is 11.5 Å². The van der Waals surface area contributed by atoms with Gasteiger partial charge in [0.2, 0.25) is 0 Å². The molecule has 1 aliphatic heterocycles. The van der Waals surface area contributed by atoms with Crippen molar-refractivity contribution < 1.29 is 30.2 Å². The lowest BCUT2D eigenvalue weighted by Gasteiger charge is -2.10. The minimum Gasteiger partial charge on any atom is -0.499 e. The van der Waals surface area contributed by atoms with Crippen molar-refractivity contribution in [2.24, 2.45) is 0 Å². The molecule has 0 aromatic carbocycles. The average molecular weight is 148 g/mol. The fourth-order valence-corrected chi connectivity index (χ4v) is 0.360. The van der Waals surface area contributed by atoms with E-state index in [-0.39, 0.29) is 0 Å². The highest BCUT2D eigenvalue weighted by molar-refractivity contribution is 5.19. The summed E-state index contributed by atoms with van der Waals surface area (Å²) in [7, 11) is 0. The second kappa shape index (κ2) is 1.90. The van der Waals surface area contributed by atoms with Crippen molar-refractivity contribution in [2.75, 3.05) is 0 Å². The van der Waals surface area contributed by atoms with Crippen LogP contribution in [0, 0.1) is 0 Å². The van der Waals surface area contributed by atoms with Crippen molar-refractivity contribution in [2.45, 2.75) is 0 Å². The van der Waals surface area contributed by atoms with Crippen LogP contribution in [0.4, 0.5) is 0 Å². The summed E-state index contributed by atoms with van der Waals surface area (Å²) in [5, 5.41) is 34.0. The second-order valence-electron chi connectivity index (χ2n) is 1.47. The highest BCUT2D eigenvalue weighted by Crippen LogP contribution is 2.18. The normalized spacial score (nSPS) is 18.4. The van der Waals surface area contributed by atoms with Crippen molar-refractivity contribution in [1.29, 1.82) is 0 Å². The Morgan fingerprint density at radius 3 is 1.30 bits per heavy atom. The summed E-state index contributed by atoms with van der Waals surface area (Å²) in [6.45, 7) is 0. The first-order valence-electron chi connectivity index (χ1n) is 2.22. The molecule has 0 spiro atoms. The van der Waals surface area contributed by atoms with E-state index in [1.165, 1.54) is 0 Å². The molecule has 0 saturated heterocycles. The molecule has 0 aromatic heterocycles. The van der Waals surface area contributed by atoms with Crippen LogP contribution in [0.2, 0.25) is 0 Å². The largest absolute Gasteiger partial charge is 0.499 e. The van der Waals surface area contributed by atoms with Gasteiger partial charge in [0.1, 0.15) is 0 Å². The Kier molecular flexibility index (Phi) is 1.22. The molecule has 56 valence electrons. The summed E-state index contributed by atoms with van der Waals surface area (Å²) >= 11 is 0. The summed E-state index contributed by atoms with van der Waals surface area (Å²) in [6.07, 6.45) is 0. The number of hydrogen-bond donors (Lipinski definition) is 4. The zero-order chi connectivity index (χ0) is 7.72. The quantitative estimate of drug-likeness (QED) is 0.373. The molecule has 0 unspecified atom stereocenters. The lowest BCUT2D eigenvalue weighted by Crippen LogP contribution is -2.09. The van der Waals surface area contributed by atoms with Gasteiger partial charge in [-0.05, 0) is 0 Å². The van der Waals surface area contributed by atoms with E-state index >= 15 is 0 Å². The Bertz CT molecular complexity index is 190. The molecule has 0 amide bonds. The minimum atomic E-state index is -1.00. The molecule has 1 rings (SSSR count). The van der Waals surface area contributed by atoms with Gasteiger partial charge in [-0.15, -0.1) is 0 Å². The molecule has 4 N–H and O–H groups in total. The monoisotopic (exact) mass is 148 g/mol. The molecule has 6 nitrogen and oxygen atoms in total. The summed E-state index contributed by atoms with van der Waals surface area (Å²) in [6, 6.07) is 0. The maximum absolute atomic E-state index is 8.57. The van der Waals surface area contributed by atoms with Crippen LogP contribution in [0.15, 0.2) is 23.4 Å². The Hall–Kier alpha value is -1.72. The van der Waals surface area contributed by atoms with Gasteiger partial charge in [0.15, 0.2) is 0 Å². The number of aliphatic hydroxyl groups is 4. The number of aliphatic hydroxyl groups excluding tert-OH is 4. The van der Waals surface area contributed by atoms with Gasteiger partial charge in [-0.3, -0.25) is 0 Å². The highest BCUT2D eigenvalue weighted by Gasteiger charge is 2.24. The van der Waals surface area contributed by atoms with Gasteiger partial charge < -0.3 is 20.4 Å². The van der Waals surface area contributed by atoms with Crippen LogP contribution in [-0.2, 0) is 9.78 Å². The van der Waals surface area contributed by atoms with Crippen molar-refractivity contribution in [3.63, 3.8) is 0 Å². The topological polar surface area (TPSA) is 99.4 Å². The third-order valence-corrected chi connectivity index (χ3v) is 0.829. The van der Waals surface area contributed by atoms with E-state index in [1.807, 2.05) is 0 Å². The first kappa shape index (κ1) is 6.40. The Labute approximate surface area is 54.8 Å². The van der Waals surface area contributed by atoms with E-state index in [0.717, 1.165) is 0 Å². The molecule has 6 heteroatoms. The van der Waals surface area contributed by atoms with Crippen molar-refractivity contribution in [3.8, 4) is 0 Å². The third-order valence-electron chi connectivity index (χ3n) is 0.829. The molecule has 0 fully saturated rings. The van der Waals surface area contributed by atoms with Crippen LogP contribution in [0.5, 0.6) is 0 Å². The minimum absolute atomic E-state index is 0.969. The predicted octanol–water partition coefficient (Wildman–Crippen LogP) is 0.518. The third kappa shape index (κ3) is 0.750. The maximum atomic E-state index is 8.57. The fourth-order valence-electron chi connectivity index (χ4n) is 0.360. The first-order chi connectivity index (χ1) is 4.63. The smallest absolute Gasteiger partial charge is 0.375 e. The van der Waals surface area contributed by atoms with Gasteiger partial charge in [0.05, 0.1) is 0 Å². The molecule has 0 saturated carbocycles. The van der Waals surface area contributed by atoms with E-state index < -0.39 is 23.4 Å². The standard InChI is InChI=1S/C4H4O6/c5-1-2(6)4(8)10-9-3(1)7/h5-8H.